The normalized spacial score (nSPS) is 18.6. The minimum Gasteiger partial charge on any atom is -0.370 e. The Morgan fingerprint density at radius 2 is 2.45 bits per heavy atom. The summed E-state index contributed by atoms with van der Waals surface area (Å²) in [6.07, 6.45) is 0. The highest BCUT2D eigenvalue weighted by atomic mass is 16.5. The highest BCUT2D eigenvalue weighted by Crippen LogP contribution is 1.97. The Hall–Kier alpha value is -0.900. The summed E-state index contributed by atoms with van der Waals surface area (Å²) in [7, 11) is 0. The molecule has 1 heterocycles. The number of morpholine rings is 1. The number of ketones is 1. The number of rotatable bonds is 2. The van der Waals surface area contributed by atoms with Crippen LogP contribution in [0.4, 0.5) is 0 Å². The van der Waals surface area contributed by atoms with Crippen LogP contribution < -0.4 is 0 Å². The van der Waals surface area contributed by atoms with Gasteiger partial charge in [0.25, 0.3) is 0 Å². The maximum absolute atomic E-state index is 11.0. The Labute approximate surface area is 65.1 Å². The first-order valence-corrected chi connectivity index (χ1v) is 3.55. The number of Topliss-reactive ketones (excluding diaryl/α,β-unsaturated/α-hetero) is 1. The Morgan fingerprint density at radius 3 is 3.00 bits per heavy atom. The topological polar surface area (TPSA) is 46.6 Å². The van der Waals surface area contributed by atoms with Crippen molar-refractivity contribution in [3.05, 3.63) is 0 Å². The Kier molecular flexibility index (Phi) is 2.59. The molecule has 1 fully saturated rings. The van der Waals surface area contributed by atoms with Gasteiger partial charge in [-0.3, -0.25) is 9.59 Å². The van der Waals surface area contributed by atoms with Crippen LogP contribution in [0.25, 0.3) is 0 Å². The molecule has 11 heavy (non-hydrogen) atoms. The molecule has 0 N–H and O–H groups in total. The van der Waals surface area contributed by atoms with E-state index in [9.17, 15) is 9.59 Å². The van der Waals surface area contributed by atoms with Crippen molar-refractivity contribution in [2.45, 2.75) is 6.92 Å². The van der Waals surface area contributed by atoms with Gasteiger partial charge in [-0.1, -0.05) is 0 Å². The smallest absolute Gasteiger partial charge is 0.249 e. The molecule has 4 nitrogen and oxygen atoms in total. The zero-order valence-corrected chi connectivity index (χ0v) is 6.50. The molecule has 1 saturated heterocycles. The van der Waals surface area contributed by atoms with E-state index >= 15 is 0 Å². The summed E-state index contributed by atoms with van der Waals surface area (Å²) in [5.41, 5.74) is 0. The van der Waals surface area contributed by atoms with E-state index in [4.69, 9.17) is 4.74 Å². The summed E-state index contributed by atoms with van der Waals surface area (Å²) < 4.78 is 4.89. The van der Waals surface area contributed by atoms with E-state index in [0.29, 0.717) is 13.2 Å². The van der Waals surface area contributed by atoms with Crippen molar-refractivity contribution in [2.24, 2.45) is 0 Å². The zero-order valence-electron chi connectivity index (χ0n) is 6.50. The molecule has 0 saturated carbocycles. The summed E-state index contributed by atoms with van der Waals surface area (Å²) in [6.45, 7) is 2.90. The molecule has 1 amide bonds. The van der Waals surface area contributed by atoms with Gasteiger partial charge in [-0.15, -0.1) is 0 Å². The van der Waals surface area contributed by atoms with Crippen LogP contribution in [0.15, 0.2) is 0 Å². The molecule has 0 bridgehead atoms. The number of carbonyl (C=O) groups excluding carboxylic acids is 2. The number of hydrogen-bond acceptors (Lipinski definition) is 3. The fourth-order valence-electron chi connectivity index (χ4n) is 0.986. The Bertz CT molecular complexity index is 179. The van der Waals surface area contributed by atoms with E-state index in [1.54, 1.807) is 0 Å². The monoisotopic (exact) mass is 157 g/mol. The molecule has 0 spiro atoms. The molecule has 62 valence electrons. The van der Waals surface area contributed by atoms with E-state index in [2.05, 4.69) is 0 Å². The quantitative estimate of drug-likeness (QED) is 0.539. The van der Waals surface area contributed by atoms with Gasteiger partial charge in [-0.25, -0.2) is 0 Å². The number of nitrogens with zero attached hydrogens (tertiary/aromatic N) is 1. The number of carbonyl (C=O) groups is 2. The van der Waals surface area contributed by atoms with Gasteiger partial charge in [-0.2, -0.15) is 0 Å². The number of ether oxygens (including phenoxy) is 1. The van der Waals surface area contributed by atoms with E-state index in [1.165, 1.54) is 11.8 Å². The van der Waals surface area contributed by atoms with Gasteiger partial charge in [0.05, 0.1) is 13.2 Å². The van der Waals surface area contributed by atoms with E-state index in [1.807, 2.05) is 0 Å². The van der Waals surface area contributed by atoms with Crippen molar-refractivity contribution in [3.8, 4) is 0 Å². The van der Waals surface area contributed by atoms with Crippen LogP contribution >= 0.6 is 0 Å². The molecular weight excluding hydrogens is 146 g/mol. The maximum atomic E-state index is 11.0. The third kappa shape index (κ3) is 2.31. The fraction of sp³-hybridized carbons (Fsp3) is 0.714. The van der Waals surface area contributed by atoms with Gasteiger partial charge in [0.1, 0.15) is 12.4 Å². The average molecular weight is 157 g/mol. The summed E-state index contributed by atoms with van der Waals surface area (Å²) in [6, 6.07) is 0. The zero-order chi connectivity index (χ0) is 8.27. The first-order chi connectivity index (χ1) is 5.20. The molecule has 0 aromatic carbocycles. The molecule has 0 atom stereocenters. The molecule has 0 aromatic heterocycles. The van der Waals surface area contributed by atoms with E-state index in [0.717, 1.165) is 0 Å². The summed E-state index contributed by atoms with van der Waals surface area (Å²) in [4.78, 5) is 23.1. The Balaban J connectivity index is 2.42. The predicted molar refractivity (Wildman–Crippen MR) is 38.1 cm³/mol. The van der Waals surface area contributed by atoms with Gasteiger partial charge in [0.15, 0.2) is 0 Å². The lowest BCUT2D eigenvalue weighted by Gasteiger charge is -2.25. The van der Waals surface area contributed by atoms with Crippen LogP contribution in [0.2, 0.25) is 0 Å². The fourth-order valence-corrected chi connectivity index (χ4v) is 0.986. The maximum Gasteiger partial charge on any atom is 0.249 e. The molecule has 0 unspecified atom stereocenters. The second-order valence-electron chi connectivity index (χ2n) is 2.57. The van der Waals surface area contributed by atoms with Crippen LogP contribution in [0.1, 0.15) is 6.92 Å². The average Bonchev–Trinajstić information content (AvgIpc) is 1.93. The van der Waals surface area contributed by atoms with Crippen LogP contribution in [0, 0.1) is 0 Å². The van der Waals surface area contributed by atoms with Crippen molar-refractivity contribution in [1.29, 1.82) is 0 Å². The highest BCUT2D eigenvalue weighted by Gasteiger charge is 2.18. The Morgan fingerprint density at radius 1 is 1.73 bits per heavy atom. The first kappa shape index (κ1) is 8.20. The minimum atomic E-state index is -0.0912. The third-order valence-corrected chi connectivity index (χ3v) is 1.50. The van der Waals surface area contributed by atoms with E-state index < -0.39 is 0 Å². The number of amides is 1. The summed E-state index contributed by atoms with van der Waals surface area (Å²) in [5.74, 6) is -0.0771. The molecule has 1 aliphatic rings. The van der Waals surface area contributed by atoms with Crippen LogP contribution in [0.5, 0.6) is 0 Å². The van der Waals surface area contributed by atoms with Gasteiger partial charge in [-0.05, 0) is 6.92 Å². The molecule has 0 aliphatic carbocycles. The van der Waals surface area contributed by atoms with Gasteiger partial charge in [0, 0.05) is 6.54 Å². The lowest BCUT2D eigenvalue weighted by Crippen LogP contribution is -2.43. The molecule has 4 heteroatoms. The second-order valence-corrected chi connectivity index (χ2v) is 2.57. The lowest BCUT2D eigenvalue weighted by molar-refractivity contribution is -0.145. The molecule has 1 rings (SSSR count). The number of hydrogen-bond donors (Lipinski definition) is 0. The van der Waals surface area contributed by atoms with Gasteiger partial charge < -0.3 is 9.64 Å². The van der Waals surface area contributed by atoms with Crippen molar-refractivity contribution in [1.82, 2.24) is 4.90 Å². The van der Waals surface area contributed by atoms with Crippen molar-refractivity contribution < 1.29 is 14.3 Å². The van der Waals surface area contributed by atoms with Crippen LogP contribution in [-0.2, 0) is 14.3 Å². The lowest BCUT2D eigenvalue weighted by atomic mass is 10.3. The van der Waals surface area contributed by atoms with Crippen LogP contribution in [-0.4, -0.2) is 42.9 Å². The predicted octanol–water partition coefficient (Wildman–Crippen LogP) is -0.566. The van der Waals surface area contributed by atoms with Gasteiger partial charge in [0.2, 0.25) is 5.91 Å². The molecular formula is C7H11NO3. The molecule has 1 aliphatic heterocycles. The third-order valence-electron chi connectivity index (χ3n) is 1.50. The SMILES string of the molecule is CC(=O)CN1CCOCC1=O. The van der Waals surface area contributed by atoms with Crippen LogP contribution in [0.3, 0.4) is 0 Å². The highest BCUT2D eigenvalue weighted by molar-refractivity contribution is 5.85. The van der Waals surface area contributed by atoms with Crippen molar-refractivity contribution in [2.75, 3.05) is 26.3 Å². The van der Waals surface area contributed by atoms with Crippen molar-refractivity contribution >= 4 is 11.7 Å². The minimum absolute atomic E-state index is 0.0141. The second kappa shape index (κ2) is 3.48. The van der Waals surface area contributed by atoms with E-state index in [-0.39, 0.29) is 24.8 Å². The summed E-state index contributed by atoms with van der Waals surface area (Å²) in [5, 5.41) is 0. The molecule has 0 aromatic rings. The standard InChI is InChI=1S/C7H11NO3/c1-6(9)4-8-2-3-11-5-7(8)10/h2-5H2,1H3. The first-order valence-electron chi connectivity index (χ1n) is 3.55. The van der Waals surface area contributed by atoms with Crippen molar-refractivity contribution in [3.63, 3.8) is 0 Å². The molecule has 0 radical (unpaired) electrons. The summed E-state index contributed by atoms with van der Waals surface area (Å²) >= 11 is 0. The largest absolute Gasteiger partial charge is 0.370 e. The van der Waals surface area contributed by atoms with Gasteiger partial charge >= 0.3 is 0 Å².